The van der Waals surface area contributed by atoms with Crippen molar-refractivity contribution in [2.75, 3.05) is 51.3 Å². The van der Waals surface area contributed by atoms with Gasteiger partial charge in [-0.15, -0.1) is 0 Å². The van der Waals surface area contributed by atoms with Crippen LogP contribution in [0.15, 0.2) is 48.5 Å². The molecule has 4 heterocycles. The molecule has 0 bridgehead atoms. The quantitative estimate of drug-likeness (QED) is 0.484. The maximum absolute atomic E-state index is 14.1. The van der Waals surface area contributed by atoms with Crippen LogP contribution in [0.4, 0.5) is 5.69 Å². The molecule has 8 nitrogen and oxygen atoms in total. The molecule has 0 spiro atoms. The zero-order valence-corrected chi connectivity index (χ0v) is 22.8. The molecule has 8 heteroatoms. The predicted molar refractivity (Wildman–Crippen MR) is 148 cm³/mol. The van der Waals surface area contributed by atoms with Gasteiger partial charge in [-0.05, 0) is 69.3 Å². The second kappa shape index (κ2) is 11.1. The van der Waals surface area contributed by atoms with Crippen LogP contribution in [0.1, 0.15) is 71.0 Å². The fourth-order valence-corrected chi connectivity index (χ4v) is 7.17. The Morgan fingerprint density at radius 3 is 2.56 bits per heavy atom. The minimum absolute atomic E-state index is 0.0654. The van der Waals surface area contributed by atoms with Crippen LogP contribution in [-0.4, -0.2) is 84.9 Å². The number of hydrogen-bond donors (Lipinski definition) is 0. The number of carbonyl (C=O) groups is 3. The van der Waals surface area contributed by atoms with Crippen LogP contribution in [0, 0.1) is 5.92 Å². The van der Waals surface area contributed by atoms with E-state index in [0.29, 0.717) is 48.5 Å². The molecule has 2 saturated heterocycles. The van der Waals surface area contributed by atoms with Crippen LogP contribution in [0.25, 0.3) is 0 Å². The smallest absolute Gasteiger partial charge is 0.260 e. The van der Waals surface area contributed by atoms with Gasteiger partial charge in [-0.3, -0.25) is 19.3 Å². The fraction of sp³-hybridized carbons (Fsp3) is 0.516. The van der Waals surface area contributed by atoms with Gasteiger partial charge < -0.3 is 19.4 Å². The lowest BCUT2D eigenvalue weighted by Crippen LogP contribution is -2.54. The molecule has 0 saturated carbocycles. The maximum Gasteiger partial charge on any atom is 0.260 e. The molecule has 6 rings (SSSR count). The molecule has 4 aliphatic heterocycles. The number of benzene rings is 2. The topological polar surface area (TPSA) is 73.4 Å². The Balaban J connectivity index is 1.28. The molecule has 39 heavy (non-hydrogen) atoms. The van der Waals surface area contributed by atoms with Gasteiger partial charge in [-0.25, -0.2) is 0 Å². The molecule has 3 unspecified atom stereocenters. The molecule has 3 atom stereocenters. The molecule has 4 aliphatic rings. The summed E-state index contributed by atoms with van der Waals surface area (Å²) >= 11 is 0. The van der Waals surface area contributed by atoms with Crippen LogP contribution in [-0.2, 0) is 9.53 Å². The predicted octanol–water partition coefficient (Wildman–Crippen LogP) is 3.93. The molecular weight excluding hydrogens is 492 g/mol. The molecule has 2 fully saturated rings. The average Bonchev–Trinajstić information content (AvgIpc) is 3.27. The van der Waals surface area contributed by atoms with Gasteiger partial charge >= 0.3 is 0 Å². The Hall–Kier alpha value is -3.23. The van der Waals surface area contributed by atoms with Gasteiger partial charge in [0.15, 0.2) is 0 Å². The third kappa shape index (κ3) is 4.74. The number of para-hydroxylation sites is 1. The molecular formula is C31H38N4O4. The lowest BCUT2D eigenvalue weighted by molar-refractivity contribution is -0.134. The highest BCUT2D eigenvalue weighted by Gasteiger charge is 2.48. The van der Waals surface area contributed by atoms with Gasteiger partial charge in [0, 0.05) is 44.0 Å². The highest BCUT2D eigenvalue weighted by molar-refractivity contribution is 6.17. The van der Waals surface area contributed by atoms with E-state index in [1.54, 1.807) is 35.1 Å². The zero-order chi connectivity index (χ0) is 26.9. The van der Waals surface area contributed by atoms with Crippen molar-refractivity contribution < 1.29 is 19.1 Å². The monoisotopic (exact) mass is 530 g/mol. The number of piperidine rings is 2. The normalized spacial score (nSPS) is 24.2. The van der Waals surface area contributed by atoms with E-state index in [4.69, 9.17) is 4.74 Å². The van der Waals surface area contributed by atoms with Gasteiger partial charge in [0.25, 0.3) is 11.8 Å². The first kappa shape index (κ1) is 26.0. The van der Waals surface area contributed by atoms with Crippen LogP contribution in [0.5, 0.6) is 0 Å². The van der Waals surface area contributed by atoms with Crippen LogP contribution >= 0.6 is 0 Å². The molecule has 2 aromatic carbocycles. The van der Waals surface area contributed by atoms with Crippen LogP contribution in [0.3, 0.4) is 0 Å². The largest absolute Gasteiger partial charge is 0.385 e. The highest BCUT2D eigenvalue weighted by Crippen LogP contribution is 2.45. The van der Waals surface area contributed by atoms with E-state index in [-0.39, 0.29) is 24.3 Å². The SMILES string of the molecule is COCCCN(CC1CCCN2CCCCC12)C(=O)CN1C(=O)c2ccccc2N2C(=O)c3ccccc3C12. The van der Waals surface area contributed by atoms with Crippen molar-refractivity contribution in [2.24, 2.45) is 5.92 Å². The zero-order valence-electron chi connectivity index (χ0n) is 22.8. The molecule has 206 valence electrons. The summed E-state index contributed by atoms with van der Waals surface area (Å²) in [7, 11) is 1.68. The third-order valence-electron chi connectivity index (χ3n) is 9.00. The van der Waals surface area contributed by atoms with Gasteiger partial charge in [0.1, 0.15) is 12.7 Å². The van der Waals surface area contributed by atoms with Crippen molar-refractivity contribution in [3.8, 4) is 0 Å². The second-order valence-corrected chi connectivity index (χ2v) is 11.3. The van der Waals surface area contributed by atoms with Crippen molar-refractivity contribution in [3.05, 3.63) is 65.2 Å². The fourth-order valence-electron chi connectivity index (χ4n) is 7.17. The Morgan fingerprint density at radius 1 is 0.949 bits per heavy atom. The summed E-state index contributed by atoms with van der Waals surface area (Å²) in [5, 5.41) is 0. The molecule has 0 aliphatic carbocycles. The molecule has 2 aromatic rings. The first-order valence-corrected chi connectivity index (χ1v) is 14.4. The summed E-state index contributed by atoms with van der Waals surface area (Å²) in [5.41, 5.74) is 2.42. The standard InChI is InChI=1S/C31H38N4O4/c1-39-19-9-18-33(20-22-10-8-17-32-16-7-6-14-26(22)32)28(36)21-34-29-23-11-2-3-12-24(23)31(38)35(29)27-15-5-4-13-25(27)30(34)37/h2-5,11-13,15,22,26,29H,6-10,14,16-21H2,1H3. The number of rotatable bonds is 8. The number of nitrogens with zero attached hydrogens (tertiary/aromatic N) is 4. The van der Waals surface area contributed by atoms with Crippen molar-refractivity contribution >= 4 is 23.4 Å². The Morgan fingerprint density at radius 2 is 1.72 bits per heavy atom. The Bertz CT molecular complexity index is 1250. The number of methoxy groups -OCH3 is 1. The van der Waals surface area contributed by atoms with Crippen molar-refractivity contribution in [1.29, 1.82) is 0 Å². The first-order chi connectivity index (χ1) is 19.1. The number of carbonyl (C=O) groups excluding carboxylic acids is 3. The van der Waals surface area contributed by atoms with Crippen molar-refractivity contribution in [3.63, 3.8) is 0 Å². The number of hydrogen-bond acceptors (Lipinski definition) is 5. The van der Waals surface area contributed by atoms with Gasteiger partial charge in [0.05, 0.1) is 11.3 Å². The van der Waals surface area contributed by atoms with E-state index in [0.717, 1.165) is 31.5 Å². The van der Waals surface area contributed by atoms with E-state index in [2.05, 4.69) is 4.90 Å². The lowest BCUT2D eigenvalue weighted by atomic mass is 9.83. The summed E-state index contributed by atoms with van der Waals surface area (Å²) in [6.07, 6.45) is 6.13. The average molecular weight is 531 g/mol. The summed E-state index contributed by atoms with van der Waals surface area (Å²) in [4.78, 5) is 49.3. The summed E-state index contributed by atoms with van der Waals surface area (Å²) < 4.78 is 5.31. The number of amides is 3. The first-order valence-electron chi connectivity index (χ1n) is 14.4. The third-order valence-corrected chi connectivity index (χ3v) is 9.00. The molecule has 0 radical (unpaired) electrons. The van der Waals surface area contributed by atoms with Gasteiger partial charge in [0.2, 0.25) is 5.91 Å². The maximum atomic E-state index is 14.1. The number of ether oxygens (including phenoxy) is 1. The van der Waals surface area contributed by atoms with E-state index >= 15 is 0 Å². The minimum Gasteiger partial charge on any atom is -0.385 e. The van der Waals surface area contributed by atoms with E-state index in [1.807, 2.05) is 35.2 Å². The summed E-state index contributed by atoms with van der Waals surface area (Å²) in [6.45, 7) is 4.13. The summed E-state index contributed by atoms with van der Waals surface area (Å²) in [5.74, 6) is 0.0272. The van der Waals surface area contributed by atoms with Gasteiger partial charge in [-0.1, -0.05) is 36.8 Å². The summed E-state index contributed by atoms with van der Waals surface area (Å²) in [6, 6.07) is 15.2. The lowest BCUT2D eigenvalue weighted by Gasteiger charge is -2.46. The Labute approximate surface area is 230 Å². The molecule has 0 N–H and O–H groups in total. The van der Waals surface area contributed by atoms with Crippen LogP contribution < -0.4 is 4.90 Å². The number of anilines is 1. The minimum atomic E-state index is -0.621. The van der Waals surface area contributed by atoms with E-state index in [1.165, 1.54) is 25.7 Å². The Kier molecular flexibility index (Phi) is 7.40. The highest BCUT2D eigenvalue weighted by atomic mass is 16.5. The number of fused-ring (bicyclic) bond motifs is 6. The van der Waals surface area contributed by atoms with Crippen molar-refractivity contribution in [1.82, 2.24) is 14.7 Å². The van der Waals surface area contributed by atoms with E-state index < -0.39 is 6.17 Å². The van der Waals surface area contributed by atoms with Crippen molar-refractivity contribution in [2.45, 2.75) is 50.7 Å². The van der Waals surface area contributed by atoms with Gasteiger partial charge in [-0.2, -0.15) is 0 Å². The van der Waals surface area contributed by atoms with E-state index in [9.17, 15) is 14.4 Å². The van der Waals surface area contributed by atoms with Crippen LogP contribution in [0.2, 0.25) is 0 Å². The molecule has 0 aromatic heterocycles. The second-order valence-electron chi connectivity index (χ2n) is 11.3. The molecule has 3 amide bonds.